The molecule has 3 aromatic carbocycles. The third-order valence-electron chi connectivity index (χ3n) is 4.75. The van der Waals surface area contributed by atoms with Crippen LogP contribution in [0.15, 0.2) is 77.9 Å². The topological polar surface area (TPSA) is 122 Å². The Bertz CT molecular complexity index is 1270. The molecular formula is C23H22N4O5S. The summed E-state index contributed by atoms with van der Waals surface area (Å²) in [6, 6.07) is 19.4. The maximum atomic E-state index is 12.3. The molecule has 0 aliphatic rings. The molecule has 170 valence electrons. The summed E-state index contributed by atoms with van der Waals surface area (Å²) in [5.41, 5.74) is 5.56. The summed E-state index contributed by atoms with van der Waals surface area (Å²) in [5, 5.41) is 14.5. The van der Waals surface area contributed by atoms with Gasteiger partial charge in [0.15, 0.2) is 0 Å². The summed E-state index contributed by atoms with van der Waals surface area (Å²) in [5.74, 6) is -0.482. The van der Waals surface area contributed by atoms with Crippen LogP contribution in [0.4, 0.5) is 11.4 Å². The van der Waals surface area contributed by atoms with Crippen molar-refractivity contribution in [3.63, 3.8) is 0 Å². The molecule has 0 spiro atoms. The van der Waals surface area contributed by atoms with Crippen molar-refractivity contribution in [3.05, 3.63) is 105 Å². The highest BCUT2D eigenvalue weighted by atomic mass is 32.2. The molecule has 0 aromatic heterocycles. The number of carbonyl (C=O) groups is 1. The number of nitrogens with zero attached hydrogens (tertiary/aromatic N) is 3. The quantitative estimate of drug-likeness (QED) is 0.309. The Hall–Kier alpha value is -4.05. The second-order valence-electron chi connectivity index (χ2n) is 7.35. The van der Waals surface area contributed by atoms with Gasteiger partial charge in [0, 0.05) is 17.7 Å². The van der Waals surface area contributed by atoms with Crippen LogP contribution in [0, 0.1) is 17.0 Å². The van der Waals surface area contributed by atoms with Crippen LogP contribution in [0.2, 0.25) is 0 Å². The van der Waals surface area contributed by atoms with Crippen molar-refractivity contribution in [1.82, 2.24) is 5.43 Å². The maximum Gasteiger partial charge on any atom is 0.271 e. The van der Waals surface area contributed by atoms with E-state index in [-0.39, 0.29) is 12.2 Å². The molecule has 0 saturated carbocycles. The normalized spacial score (nSPS) is 11.3. The number of benzene rings is 3. The second kappa shape index (κ2) is 10.0. The lowest BCUT2D eigenvalue weighted by Crippen LogP contribution is -2.29. The van der Waals surface area contributed by atoms with Crippen LogP contribution in [0.3, 0.4) is 0 Å². The van der Waals surface area contributed by atoms with Gasteiger partial charge in [-0.1, -0.05) is 29.8 Å². The first kappa shape index (κ1) is 23.6. The summed E-state index contributed by atoms with van der Waals surface area (Å²) in [6.07, 6.45) is 2.50. The Kier molecular flexibility index (Phi) is 7.19. The van der Waals surface area contributed by atoms with Crippen molar-refractivity contribution >= 4 is 33.5 Å². The molecular weight excluding hydrogens is 444 g/mol. The number of non-ortho nitro benzene ring substituents is 1. The molecule has 1 amide bonds. The van der Waals surface area contributed by atoms with Gasteiger partial charge in [-0.3, -0.25) is 19.2 Å². The average molecular weight is 467 g/mol. The molecule has 0 unspecified atom stereocenters. The van der Waals surface area contributed by atoms with Crippen LogP contribution >= 0.6 is 0 Å². The van der Waals surface area contributed by atoms with E-state index >= 15 is 0 Å². The summed E-state index contributed by atoms with van der Waals surface area (Å²) in [4.78, 5) is 22.5. The predicted molar refractivity (Wildman–Crippen MR) is 127 cm³/mol. The number of rotatable bonds is 8. The number of hydrogen-bond donors (Lipinski definition) is 1. The van der Waals surface area contributed by atoms with Crippen molar-refractivity contribution in [2.75, 3.05) is 10.6 Å². The number of hydrazone groups is 1. The second-order valence-corrected chi connectivity index (χ2v) is 9.26. The Morgan fingerprint density at radius 3 is 2.18 bits per heavy atom. The highest BCUT2D eigenvalue weighted by Gasteiger charge is 2.18. The van der Waals surface area contributed by atoms with E-state index in [1.54, 1.807) is 12.1 Å². The molecule has 0 fully saturated rings. The Morgan fingerprint density at radius 1 is 1.03 bits per heavy atom. The highest BCUT2D eigenvalue weighted by molar-refractivity contribution is 7.92. The third kappa shape index (κ3) is 6.47. The molecule has 9 nitrogen and oxygen atoms in total. The molecule has 0 radical (unpaired) electrons. The maximum absolute atomic E-state index is 12.3. The Morgan fingerprint density at radius 2 is 1.64 bits per heavy atom. The van der Waals surface area contributed by atoms with Crippen LogP contribution in [0.5, 0.6) is 0 Å². The standard InChI is InChI=1S/C23H22N4O5S/c1-17-3-5-19(6-4-17)16-26(33(2,31)32)21-13-9-20(10-14-21)23(28)25-24-15-18-7-11-22(12-8-18)27(29)30/h3-15H,16H2,1-2H3,(H,25,28)/b24-15-. The SMILES string of the molecule is Cc1ccc(CN(c2ccc(C(=O)N/N=C\c3ccc([N+](=O)[O-])cc3)cc2)S(C)(=O)=O)cc1. The summed E-state index contributed by atoms with van der Waals surface area (Å²) in [6.45, 7) is 2.13. The van der Waals surface area contributed by atoms with Crippen LogP contribution in [0.1, 0.15) is 27.0 Å². The molecule has 33 heavy (non-hydrogen) atoms. The smallest absolute Gasteiger partial charge is 0.267 e. The fourth-order valence-electron chi connectivity index (χ4n) is 2.95. The number of carbonyl (C=O) groups excluding carboxylic acids is 1. The van der Waals surface area contributed by atoms with Gasteiger partial charge in [0.1, 0.15) is 0 Å². The van der Waals surface area contributed by atoms with Gasteiger partial charge in [-0.15, -0.1) is 0 Å². The lowest BCUT2D eigenvalue weighted by molar-refractivity contribution is -0.384. The molecule has 0 aliphatic heterocycles. The van der Waals surface area contributed by atoms with Crippen molar-refractivity contribution in [2.24, 2.45) is 5.10 Å². The molecule has 1 N–H and O–H groups in total. The van der Waals surface area contributed by atoms with Gasteiger partial charge in [0.05, 0.1) is 29.6 Å². The fraction of sp³-hybridized carbons (Fsp3) is 0.130. The first-order chi connectivity index (χ1) is 15.6. The lowest BCUT2D eigenvalue weighted by atomic mass is 10.1. The third-order valence-corrected chi connectivity index (χ3v) is 5.89. The largest absolute Gasteiger partial charge is 0.271 e. The van der Waals surface area contributed by atoms with Crippen molar-refractivity contribution in [2.45, 2.75) is 13.5 Å². The summed E-state index contributed by atoms with van der Waals surface area (Å²) < 4.78 is 26.0. The molecule has 10 heteroatoms. The van der Waals surface area contributed by atoms with E-state index in [0.29, 0.717) is 16.8 Å². The van der Waals surface area contributed by atoms with Gasteiger partial charge >= 0.3 is 0 Å². The number of amides is 1. The first-order valence-electron chi connectivity index (χ1n) is 9.85. The van der Waals surface area contributed by atoms with E-state index in [4.69, 9.17) is 0 Å². The number of hydrogen-bond acceptors (Lipinski definition) is 6. The molecule has 0 aliphatic carbocycles. The van der Waals surface area contributed by atoms with Gasteiger partial charge in [-0.2, -0.15) is 5.10 Å². The van der Waals surface area contributed by atoms with E-state index in [1.165, 1.54) is 46.9 Å². The van der Waals surface area contributed by atoms with E-state index in [0.717, 1.165) is 17.4 Å². The minimum absolute atomic E-state index is 0.0400. The molecule has 3 aromatic rings. The fourth-order valence-corrected chi connectivity index (χ4v) is 3.84. The highest BCUT2D eigenvalue weighted by Crippen LogP contribution is 2.21. The zero-order chi connectivity index (χ0) is 24.0. The number of nitrogens with one attached hydrogen (secondary N) is 1. The van der Waals surface area contributed by atoms with Crippen molar-refractivity contribution < 1.29 is 18.1 Å². The predicted octanol–water partition coefficient (Wildman–Crippen LogP) is 3.63. The zero-order valence-electron chi connectivity index (χ0n) is 18.0. The minimum atomic E-state index is -3.55. The van der Waals surface area contributed by atoms with Crippen molar-refractivity contribution in [3.8, 4) is 0 Å². The van der Waals surface area contributed by atoms with Gasteiger partial charge in [0.2, 0.25) is 10.0 Å². The van der Waals surface area contributed by atoms with Crippen LogP contribution in [-0.4, -0.2) is 31.7 Å². The van der Waals surface area contributed by atoms with Gasteiger partial charge in [-0.25, -0.2) is 13.8 Å². The Labute approximate surface area is 191 Å². The summed E-state index contributed by atoms with van der Waals surface area (Å²) in [7, 11) is -3.55. The first-order valence-corrected chi connectivity index (χ1v) is 11.7. The number of nitro benzene ring substituents is 1. The van der Waals surface area contributed by atoms with E-state index in [1.807, 2.05) is 31.2 Å². The molecule has 0 bridgehead atoms. The summed E-state index contributed by atoms with van der Waals surface area (Å²) >= 11 is 0. The molecule has 0 saturated heterocycles. The zero-order valence-corrected chi connectivity index (χ0v) is 18.8. The number of sulfonamides is 1. The number of nitro groups is 1. The van der Waals surface area contributed by atoms with E-state index in [9.17, 15) is 23.3 Å². The molecule has 0 heterocycles. The van der Waals surface area contributed by atoms with Crippen LogP contribution in [-0.2, 0) is 16.6 Å². The van der Waals surface area contributed by atoms with E-state index in [2.05, 4.69) is 10.5 Å². The van der Waals surface area contributed by atoms with Crippen molar-refractivity contribution in [1.29, 1.82) is 0 Å². The van der Waals surface area contributed by atoms with Gasteiger partial charge in [0.25, 0.3) is 11.6 Å². The molecule has 0 atom stereocenters. The van der Waals surface area contributed by atoms with Crippen LogP contribution in [0.25, 0.3) is 0 Å². The Balaban J connectivity index is 1.68. The number of anilines is 1. The number of aryl methyl sites for hydroxylation is 1. The average Bonchev–Trinajstić information content (AvgIpc) is 2.78. The van der Waals surface area contributed by atoms with Crippen LogP contribution < -0.4 is 9.73 Å². The molecule has 3 rings (SSSR count). The lowest BCUT2D eigenvalue weighted by Gasteiger charge is -2.22. The van der Waals surface area contributed by atoms with Gasteiger partial charge < -0.3 is 0 Å². The monoisotopic (exact) mass is 466 g/mol. The minimum Gasteiger partial charge on any atom is -0.267 e. The van der Waals surface area contributed by atoms with Gasteiger partial charge in [-0.05, 0) is 54.4 Å². The van der Waals surface area contributed by atoms with E-state index < -0.39 is 20.9 Å².